The predicted octanol–water partition coefficient (Wildman–Crippen LogP) is 10.3. The van der Waals surface area contributed by atoms with Gasteiger partial charge in [0, 0.05) is 45.7 Å². The quantitative estimate of drug-likeness (QED) is 0.175. The van der Waals surface area contributed by atoms with Gasteiger partial charge in [0.15, 0.2) is 5.82 Å². The zero-order valence-corrected chi connectivity index (χ0v) is 30.4. The van der Waals surface area contributed by atoms with E-state index in [1.54, 1.807) is 12.4 Å². The highest BCUT2D eigenvalue weighted by molar-refractivity contribution is 6.08. The number of nitrogens with zero attached hydrogens (tertiary/aromatic N) is 8. The van der Waals surface area contributed by atoms with E-state index in [1.807, 2.05) is 39.6 Å². The van der Waals surface area contributed by atoms with Crippen molar-refractivity contribution in [2.45, 2.75) is 5.41 Å². The summed E-state index contributed by atoms with van der Waals surface area (Å²) in [6.07, 6.45) is 5.41. The molecule has 12 rings (SSSR count). The number of hydrogen-bond donors (Lipinski definition) is 0. The molecular formula is C49H30N8. The van der Waals surface area contributed by atoms with Gasteiger partial charge in [-0.25, -0.2) is 19.5 Å². The normalized spacial score (nSPS) is 13.1. The molecule has 6 heterocycles. The predicted molar refractivity (Wildman–Crippen MR) is 225 cm³/mol. The van der Waals surface area contributed by atoms with Crippen molar-refractivity contribution in [1.82, 2.24) is 39.0 Å². The minimum absolute atomic E-state index is 0.413. The van der Waals surface area contributed by atoms with Crippen molar-refractivity contribution in [3.05, 3.63) is 205 Å². The highest BCUT2D eigenvalue weighted by Gasteiger charge is 2.47. The van der Waals surface area contributed by atoms with Gasteiger partial charge in [0.1, 0.15) is 16.9 Å². The topological polar surface area (TPSA) is 87.2 Å². The van der Waals surface area contributed by atoms with Gasteiger partial charge < -0.3 is 0 Å². The first-order chi connectivity index (χ1) is 28.3. The van der Waals surface area contributed by atoms with Gasteiger partial charge in [0.25, 0.3) is 0 Å². The summed E-state index contributed by atoms with van der Waals surface area (Å²) in [5.74, 6) is 1.39. The Hall–Kier alpha value is -7.84. The summed E-state index contributed by atoms with van der Waals surface area (Å²) < 4.78 is 4.00. The molecule has 0 bridgehead atoms. The zero-order valence-electron chi connectivity index (χ0n) is 30.4. The molecule has 8 nitrogen and oxygen atoms in total. The van der Waals surface area contributed by atoms with E-state index in [-0.39, 0.29) is 0 Å². The maximum absolute atomic E-state index is 5.41. The first-order valence-electron chi connectivity index (χ1n) is 19.0. The fourth-order valence-corrected chi connectivity index (χ4v) is 9.21. The van der Waals surface area contributed by atoms with E-state index < -0.39 is 5.41 Å². The second-order valence-electron chi connectivity index (χ2n) is 14.3. The molecule has 0 atom stereocenters. The third-order valence-electron chi connectivity index (χ3n) is 11.5. The molecule has 0 amide bonds. The smallest absolute Gasteiger partial charge is 0.242 e. The van der Waals surface area contributed by atoms with Crippen LogP contribution in [0.3, 0.4) is 0 Å². The maximum atomic E-state index is 5.41. The molecule has 0 saturated heterocycles. The number of benzene rings is 5. The highest BCUT2D eigenvalue weighted by atomic mass is 15.3. The molecule has 6 aromatic heterocycles. The molecule has 57 heavy (non-hydrogen) atoms. The van der Waals surface area contributed by atoms with Gasteiger partial charge in [-0.15, -0.1) is 0 Å². The average Bonchev–Trinajstić information content (AvgIpc) is 3.91. The summed E-state index contributed by atoms with van der Waals surface area (Å²) >= 11 is 0. The molecule has 0 saturated carbocycles. The Bertz CT molecular complexity index is 3090. The van der Waals surface area contributed by atoms with E-state index in [4.69, 9.17) is 29.9 Å². The summed E-state index contributed by atoms with van der Waals surface area (Å²) in [7, 11) is 0. The maximum Gasteiger partial charge on any atom is 0.242 e. The monoisotopic (exact) mass is 730 g/mol. The third kappa shape index (κ3) is 4.37. The second kappa shape index (κ2) is 12.1. The van der Waals surface area contributed by atoms with Crippen LogP contribution in [0.1, 0.15) is 22.3 Å². The zero-order chi connectivity index (χ0) is 37.5. The van der Waals surface area contributed by atoms with Crippen molar-refractivity contribution in [2.75, 3.05) is 0 Å². The molecule has 0 fully saturated rings. The van der Waals surface area contributed by atoms with Crippen LogP contribution in [0.25, 0.3) is 78.4 Å². The molecule has 0 unspecified atom stereocenters. The van der Waals surface area contributed by atoms with Crippen molar-refractivity contribution >= 4 is 44.0 Å². The van der Waals surface area contributed by atoms with Crippen LogP contribution in [0.15, 0.2) is 182 Å². The minimum Gasteiger partial charge on any atom is -0.262 e. The van der Waals surface area contributed by atoms with Crippen molar-refractivity contribution < 1.29 is 0 Å². The average molecular weight is 731 g/mol. The van der Waals surface area contributed by atoms with Crippen LogP contribution in [-0.2, 0) is 5.41 Å². The largest absolute Gasteiger partial charge is 0.262 e. The first-order valence-corrected chi connectivity index (χ1v) is 19.0. The van der Waals surface area contributed by atoms with Crippen molar-refractivity contribution in [3.8, 4) is 34.4 Å². The van der Waals surface area contributed by atoms with E-state index in [2.05, 4.69) is 140 Å². The summed E-state index contributed by atoms with van der Waals surface area (Å²) in [5.41, 5.74) is 10.4. The van der Waals surface area contributed by atoms with E-state index in [0.717, 1.165) is 49.4 Å². The van der Waals surface area contributed by atoms with Crippen LogP contribution in [0.2, 0.25) is 0 Å². The van der Waals surface area contributed by atoms with E-state index in [0.29, 0.717) is 29.0 Å². The van der Waals surface area contributed by atoms with Crippen LogP contribution < -0.4 is 0 Å². The van der Waals surface area contributed by atoms with Crippen LogP contribution in [-0.4, -0.2) is 39.0 Å². The van der Waals surface area contributed by atoms with Crippen LogP contribution in [0.4, 0.5) is 0 Å². The number of pyridine rings is 3. The van der Waals surface area contributed by atoms with Crippen molar-refractivity contribution in [3.63, 3.8) is 0 Å². The Morgan fingerprint density at radius 3 is 1.53 bits per heavy atom. The Morgan fingerprint density at radius 1 is 0.368 bits per heavy atom. The van der Waals surface area contributed by atoms with Gasteiger partial charge in [-0.05, 0) is 75.8 Å². The third-order valence-corrected chi connectivity index (χ3v) is 11.5. The molecule has 0 spiro atoms. The number of para-hydroxylation sites is 1. The van der Waals surface area contributed by atoms with Gasteiger partial charge in [-0.3, -0.25) is 4.57 Å². The van der Waals surface area contributed by atoms with E-state index in [1.165, 1.54) is 22.3 Å². The lowest BCUT2D eigenvalue weighted by Crippen LogP contribution is -2.28. The SMILES string of the molecule is c1ccc(C2(c3ccccc3)c3ccccc3-c3c(-c4nc(-n5c6ccccc6c6cccnc65)nc(-n5c6ncccc6c6cccnc65)n4)cccc32)cc1. The lowest BCUT2D eigenvalue weighted by molar-refractivity contribution is 0.768. The van der Waals surface area contributed by atoms with Crippen LogP contribution in [0, 0.1) is 0 Å². The molecule has 266 valence electrons. The summed E-state index contributed by atoms with van der Waals surface area (Å²) in [6.45, 7) is 0. The first kappa shape index (κ1) is 31.5. The summed E-state index contributed by atoms with van der Waals surface area (Å²) in [5, 5.41) is 4.01. The molecule has 1 aliphatic carbocycles. The Balaban J connectivity index is 1.21. The fourth-order valence-electron chi connectivity index (χ4n) is 9.21. The molecule has 11 aromatic rings. The van der Waals surface area contributed by atoms with E-state index in [9.17, 15) is 0 Å². The minimum atomic E-state index is -0.583. The van der Waals surface area contributed by atoms with Crippen LogP contribution in [0.5, 0.6) is 0 Å². The Kier molecular flexibility index (Phi) is 6.68. The van der Waals surface area contributed by atoms with Gasteiger partial charge in [-0.2, -0.15) is 15.0 Å². The molecule has 1 aliphatic rings. The number of fused-ring (bicyclic) bond motifs is 9. The number of hydrogen-bond acceptors (Lipinski definition) is 6. The highest BCUT2D eigenvalue weighted by Crippen LogP contribution is 2.58. The lowest BCUT2D eigenvalue weighted by atomic mass is 9.67. The molecule has 0 radical (unpaired) electrons. The van der Waals surface area contributed by atoms with Gasteiger partial charge in [0.05, 0.1) is 10.9 Å². The summed E-state index contributed by atoms with van der Waals surface area (Å²) in [4.78, 5) is 30.7. The Morgan fingerprint density at radius 2 is 0.860 bits per heavy atom. The Labute approximate surface area is 326 Å². The van der Waals surface area contributed by atoms with Gasteiger partial charge >= 0.3 is 0 Å². The molecule has 8 heteroatoms. The molecule has 0 aliphatic heterocycles. The van der Waals surface area contributed by atoms with Crippen LogP contribution >= 0.6 is 0 Å². The fraction of sp³-hybridized carbons (Fsp3) is 0.0204. The van der Waals surface area contributed by atoms with Gasteiger partial charge in [-0.1, -0.05) is 121 Å². The number of aromatic nitrogens is 8. The lowest BCUT2D eigenvalue weighted by Gasteiger charge is -2.33. The standard InChI is InChI=1S/C49H30N8/c1-3-15-31(16-4-1)49(32-17-5-2-6-18-32)39-25-9-7-20-37(39)42-38(21-11-26-40(42)49)43-53-47(56-41-27-10-8-19-33(41)34-22-12-28-50-44(34)56)55-48(54-43)57-45-35(23-13-29-51-45)36-24-14-30-52-46(36)57/h1-30H. The summed E-state index contributed by atoms with van der Waals surface area (Å²) in [6, 6.07) is 57.3. The molecule has 5 aromatic carbocycles. The van der Waals surface area contributed by atoms with Gasteiger partial charge in [0.2, 0.25) is 11.9 Å². The van der Waals surface area contributed by atoms with Crippen molar-refractivity contribution in [1.29, 1.82) is 0 Å². The second-order valence-corrected chi connectivity index (χ2v) is 14.3. The molecule has 0 N–H and O–H groups in total. The van der Waals surface area contributed by atoms with E-state index >= 15 is 0 Å². The van der Waals surface area contributed by atoms with Crippen molar-refractivity contribution in [2.24, 2.45) is 0 Å². The number of rotatable bonds is 5. The molecular weight excluding hydrogens is 701 g/mol.